The number of unbranched alkanes of at least 4 members (excludes halogenated alkanes) is 1. The second-order valence-corrected chi connectivity index (χ2v) is 4.55. The van der Waals surface area contributed by atoms with E-state index in [4.69, 9.17) is 10.8 Å². The van der Waals surface area contributed by atoms with Crippen molar-refractivity contribution in [1.29, 1.82) is 0 Å². The number of anilines is 1. The molecule has 5 N–H and O–H groups in total. The SMILES string of the molecule is CNCCCC[C@H](N)C(=O)Nc1ccc(CO)cc1. The molecule has 0 saturated heterocycles. The van der Waals surface area contributed by atoms with Crippen LogP contribution in [0.4, 0.5) is 5.69 Å². The molecule has 0 unspecified atom stereocenters. The lowest BCUT2D eigenvalue weighted by Gasteiger charge is -2.12. The summed E-state index contributed by atoms with van der Waals surface area (Å²) in [5, 5.41) is 14.8. The molecule has 0 saturated carbocycles. The van der Waals surface area contributed by atoms with Crippen molar-refractivity contribution < 1.29 is 9.90 Å². The lowest BCUT2D eigenvalue weighted by molar-refractivity contribution is -0.117. The third-order valence-electron chi connectivity index (χ3n) is 2.93. The number of nitrogens with one attached hydrogen (secondary N) is 2. The number of hydrogen-bond acceptors (Lipinski definition) is 4. The molecule has 1 atom stereocenters. The number of aliphatic hydroxyl groups excluding tert-OH is 1. The average molecular weight is 265 g/mol. The summed E-state index contributed by atoms with van der Waals surface area (Å²) >= 11 is 0. The van der Waals surface area contributed by atoms with Crippen molar-refractivity contribution in [1.82, 2.24) is 5.32 Å². The maximum Gasteiger partial charge on any atom is 0.241 e. The van der Waals surface area contributed by atoms with Gasteiger partial charge < -0.3 is 21.5 Å². The van der Waals surface area contributed by atoms with Crippen molar-refractivity contribution >= 4 is 11.6 Å². The van der Waals surface area contributed by atoms with E-state index in [2.05, 4.69) is 10.6 Å². The van der Waals surface area contributed by atoms with Crippen molar-refractivity contribution in [2.24, 2.45) is 5.73 Å². The number of carbonyl (C=O) groups excluding carboxylic acids is 1. The number of rotatable bonds is 8. The van der Waals surface area contributed by atoms with E-state index in [1.165, 1.54) is 0 Å². The highest BCUT2D eigenvalue weighted by Crippen LogP contribution is 2.10. The van der Waals surface area contributed by atoms with Crippen LogP contribution < -0.4 is 16.4 Å². The zero-order valence-electron chi connectivity index (χ0n) is 11.4. The normalized spacial score (nSPS) is 12.2. The summed E-state index contributed by atoms with van der Waals surface area (Å²) < 4.78 is 0. The van der Waals surface area contributed by atoms with Crippen molar-refractivity contribution in [3.05, 3.63) is 29.8 Å². The van der Waals surface area contributed by atoms with Crippen LogP contribution in [0, 0.1) is 0 Å². The van der Waals surface area contributed by atoms with E-state index in [-0.39, 0.29) is 12.5 Å². The summed E-state index contributed by atoms with van der Waals surface area (Å²) in [5.74, 6) is -0.166. The van der Waals surface area contributed by atoms with Gasteiger partial charge in [0.2, 0.25) is 5.91 Å². The second kappa shape index (κ2) is 8.63. The first-order valence-electron chi connectivity index (χ1n) is 6.58. The number of amides is 1. The standard InChI is InChI=1S/C14H23N3O2/c1-16-9-3-2-4-13(15)14(19)17-12-7-5-11(10-18)6-8-12/h5-8,13,16,18H,2-4,9-10,15H2,1H3,(H,17,19)/t13-/m0/s1. The molecule has 0 aromatic heterocycles. The first-order valence-corrected chi connectivity index (χ1v) is 6.58. The van der Waals surface area contributed by atoms with E-state index in [1.807, 2.05) is 7.05 Å². The highest BCUT2D eigenvalue weighted by atomic mass is 16.3. The van der Waals surface area contributed by atoms with Gasteiger partial charge in [0.25, 0.3) is 0 Å². The Morgan fingerprint density at radius 1 is 1.32 bits per heavy atom. The van der Waals surface area contributed by atoms with E-state index in [1.54, 1.807) is 24.3 Å². The van der Waals surface area contributed by atoms with E-state index >= 15 is 0 Å². The molecule has 1 amide bonds. The van der Waals surface area contributed by atoms with Crippen LogP contribution in [0.3, 0.4) is 0 Å². The molecule has 1 aromatic rings. The van der Waals surface area contributed by atoms with Crippen LogP contribution in [-0.4, -0.2) is 30.6 Å². The van der Waals surface area contributed by atoms with Gasteiger partial charge in [-0.2, -0.15) is 0 Å². The minimum absolute atomic E-state index is 0.000789. The molecule has 5 nitrogen and oxygen atoms in total. The maximum atomic E-state index is 11.8. The Labute approximate surface area is 114 Å². The molecule has 0 heterocycles. The van der Waals surface area contributed by atoms with E-state index < -0.39 is 6.04 Å². The van der Waals surface area contributed by atoms with Gasteiger partial charge in [0.05, 0.1) is 12.6 Å². The van der Waals surface area contributed by atoms with Crippen LogP contribution in [0.5, 0.6) is 0 Å². The fraction of sp³-hybridized carbons (Fsp3) is 0.500. The second-order valence-electron chi connectivity index (χ2n) is 4.55. The van der Waals surface area contributed by atoms with Gasteiger partial charge >= 0.3 is 0 Å². The van der Waals surface area contributed by atoms with Crippen LogP contribution in [-0.2, 0) is 11.4 Å². The molecule has 19 heavy (non-hydrogen) atoms. The Morgan fingerprint density at radius 3 is 2.58 bits per heavy atom. The summed E-state index contributed by atoms with van der Waals surface area (Å²) in [7, 11) is 1.91. The zero-order chi connectivity index (χ0) is 14.1. The number of nitrogens with two attached hydrogens (primary N) is 1. The first-order chi connectivity index (χ1) is 9.17. The van der Waals surface area contributed by atoms with Crippen LogP contribution in [0.25, 0.3) is 0 Å². The molecule has 0 aliphatic heterocycles. The predicted molar refractivity (Wildman–Crippen MR) is 76.7 cm³/mol. The highest BCUT2D eigenvalue weighted by molar-refractivity contribution is 5.94. The van der Waals surface area contributed by atoms with Gasteiger partial charge in [-0.15, -0.1) is 0 Å². The largest absolute Gasteiger partial charge is 0.392 e. The maximum absolute atomic E-state index is 11.8. The lowest BCUT2D eigenvalue weighted by Crippen LogP contribution is -2.35. The van der Waals surface area contributed by atoms with Gasteiger partial charge in [0.15, 0.2) is 0 Å². The van der Waals surface area contributed by atoms with Crippen LogP contribution in [0.15, 0.2) is 24.3 Å². The predicted octanol–water partition coefficient (Wildman–Crippen LogP) is 0.834. The molecule has 0 fully saturated rings. The Kier molecular flexibility index (Phi) is 7.10. The molecule has 0 radical (unpaired) electrons. The van der Waals surface area contributed by atoms with Crippen molar-refractivity contribution in [2.75, 3.05) is 18.9 Å². The first kappa shape index (κ1) is 15.6. The van der Waals surface area contributed by atoms with Crippen LogP contribution >= 0.6 is 0 Å². The van der Waals surface area contributed by atoms with Gasteiger partial charge in [-0.1, -0.05) is 18.6 Å². The summed E-state index contributed by atoms with van der Waals surface area (Å²) in [6.07, 6.45) is 2.63. The topological polar surface area (TPSA) is 87.4 Å². The molecular formula is C14H23N3O2. The van der Waals surface area contributed by atoms with E-state index in [0.29, 0.717) is 12.1 Å². The Balaban J connectivity index is 2.36. The molecule has 5 heteroatoms. The molecule has 0 spiro atoms. The Hall–Kier alpha value is -1.43. The summed E-state index contributed by atoms with van der Waals surface area (Å²) in [4.78, 5) is 11.8. The quantitative estimate of drug-likeness (QED) is 0.524. The van der Waals surface area contributed by atoms with E-state index in [9.17, 15) is 4.79 Å². The Bertz CT molecular complexity index is 379. The van der Waals surface area contributed by atoms with Crippen LogP contribution in [0.2, 0.25) is 0 Å². The van der Waals surface area contributed by atoms with Crippen molar-refractivity contribution in [2.45, 2.75) is 31.9 Å². The molecule has 106 valence electrons. The number of carbonyl (C=O) groups is 1. The van der Waals surface area contributed by atoms with Gasteiger partial charge in [0, 0.05) is 5.69 Å². The van der Waals surface area contributed by atoms with Crippen molar-refractivity contribution in [3.63, 3.8) is 0 Å². The van der Waals surface area contributed by atoms with E-state index in [0.717, 1.165) is 24.9 Å². The molecule has 1 rings (SSSR count). The van der Waals surface area contributed by atoms with Crippen LogP contribution in [0.1, 0.15) is 24.8 Å². The minimum atomic E-state index is -0.477. The van der Waals surface area contributed by atoms with Gasteiger partial charge in [-0.3, -0.25) is 4.79 Å². The number of aliphatic hydroxyl groups is 1. The summed E-state index contributed by atoms with van der Waals surface area (Å²) in [5.41, 5.74) is 7.35. The average Bonchev–Trinajstić information content (AvgIpc) is 2.44. The third-order valence-corrected chi connectivity index (χ3v) is 2.93. The number of hydrogen-bond donors (Lipinski definition) is 4. The highest BCUT2D eigenvalue weighted by Gasteiger charge is 2.12. The third kappa shape index (κ3) is 5.83. The fourth-order valence-corrected chi connectivity index (χ4v) is 1.73. The molecule has 1 aromatic carbocycles. The smallest absolute Gasteiger partial charge is 0.241 e. The summed E-state index contributed by atoms with van der Waals surface area (Å²) in [6.45, 7) is 0.941. The minimum Gasteiger partial charge on any atom is -0.392 e. The van der Waals surface area contributed by atoms with Crippen molar-refractivity contribution in [3.8, 4) is 0 Å². The molecule has 0 aliphatic rings. The monoisotopic (exact) mass is 265 g/mol. The summed E-state index contributed by atoms with van der Waals surface area (Å²) in [6, 6.07) is 6.59. The van der Waals surface area contributed by atoms with Gasteiger partial charge in [-0.05, 0) is 44.1 Å². The molecular weight excluding hydrogens is 242 g/mol. The molecule has 0 bridgehead atoms. The molecule has 0 aliphatic carbocycles. The fourth-order valence-electron chi connectivity index (χ4n) is 1.73. The lowest BCUT2D eigenvalue weighted by atomic mass is 10.1. The Morgan fingerprint density at radius 2 is 2.00 bits per heavy atom. The van der Waals surface area contributed by atoms with Gasteiger partial charge in [-0.25, -0.2) is 0 Å². The van der Waals surface area contributed by atoms with Gasteiger partial charge in [0.1, 0.15) is 0 Å². The zero-order valence-corrected chi connectivity index (χ0v) is 11.4. The number of benzene rings is 1.